The number of benzene rings is 2. The normalized spacial score (nSPS) is 10.4. The Bertz CT molecular complexity index is 866. The number of anilines is 2. The number of nitrogens with one attached hydrogen (secondary N) is 2. The molecule has 0 saturated carbocycles. The van der Waals surface area contributed by atoms with E-state index in [1.807, 2.05) is 48.5 Å². The zero-order chi connectivity index (χ0) is 19.9. The molecule has 3 aromatic rings. The van der Waals surface area contributed by atoms with E-state index >= 15 is 0 Å². The number of rotatable bonds is 6. The molecule has 0 aliphatic rings. The van der Waals surface area contributed by atoms with E-state index in [0.717, 1.165) is 18.5 Å². The molecule has 2 N–H and O–H groups in total. The van der Waals surface area contributed by atoms with Crippen LogP contribution in [0, 0.1) is 0 Å². The Hall–Kier alpha value is -3.47. The van der Waals surface area contributed by atoms with Crippen molar-refractivity contribution in [1.29, 1.82) is 0 Å². The number of pyridine rings is 1. The molecule has 2 aromatic carbocycles. The standard InChI is InChI=1S/C23H23N3O2/c1-3-16-5-10-19(11-6-16)25-22(27)18-9-14-21(24-15-18)23(28)26-20-12-7-17(4-2)8-13-20/h5-15H,3-4H2,1-2H3,(H,25,27)(H,26,28). The van der Waals surface area contributed by atoms with Gasteiger partial charge in [0, 0.05) is 17.6 Å². The third-order valence-electron chi connectivity index (χ3n) is 4.50. The van der Waals surface area contributed by atoms with Crippen LogP contribution in [0.4, 0.5) is 11.4 Å². The lowest BCUT2D eigenvalue weighted by atomic mass is 10.1. The summed E-state index contributed by atoms with van der Waals surface area (Å²) in [5, 5.41) is 5.64. The van der Waals surface area contributed by atoms with Crippen molar-refractivity contribution in [1.82, 2.24) is 4.98 Å². The van der Waals surface area contributed by atoms with Crippen LogP contribution in [0.1, 0.15) is 45.8 Å². The molecule has 0 saturated heterocycles. The van der Waals surface area contributed by atoms with Gasteiger partial charge in [-0.1, -0.05) is 38.1 Å². The second-order valence-corrected chi connectivity index (χ2v) is 6.44. The zero-order valence-corrected chi connectivity index (χ0v) is 16.0. The van der Waals surface area contributed by atoms with Crippen LogP contribution in [0.15, 0.2) is 66.9 Å². The highest BCUT2D eigenvalue weighted by atomic mass is 16.2. The fourth-order valence-corrected chi connectivity index (χ4v) is 2.71. The van der Waals surface area contributed by atoms with E-state index in [1.165, 1.54) is 17.3 Å². The fraction of sp³-hybridized carbons (Fsp3) is 0.174. The van der Waals surface area contributed by atoms with E-state index in [2.05, 4.69) is 29.5 Å². The van der Waals surface area contributed by atoms with Crippen LogP contribution in [0.25, 0.3) is 0 Å². The average molecular weight is 373 g/mol. The van der Waals surface area contributed by atoms with Crippen molar-refractivity contribution < 1.29 is 9.59 Å². The molecule has 0 unspecified atom stereocenters. The lowest BCUT2D eigenvalue weighted by molar-refractivity contribution is 0.101. The second-order valence-electron chi connectivity index (χ2n) is 6.44. The van der Waals surface area contributed by atoms with Crippen molar-refractivity contribution in [2.45, 2.75) is 26.7 Å². The molecule has 5 nitrogen and oxygen atoms in total. The molecule has 2 amide bonds. The smallest absolute Gasteiger partial charge is 0.274 e. The molecular formula is C23H23N3O2. The van der Waals surface area contributed by atoms with Gasteiger partial charge in [0.1, 0.15) is 5.69 Å². The molecule has 28 heavy (non-hydrogen) atoms. The molecule has 0 fully saturated rings. The number of hydrogen-bond acceptors (Lipinski definition) is 3. The van der Waals surface area contributed by atoms with Crippen molar-refractivity contribution in [3.8, 4) is 0 Å². The van der Waals surface area contributed by atoms with Gasteiger partial charge in [0.15, 0.2) is 0 Å². The van der Waals surface area contributed by atoms with Crippen LogP contribution in [-0.4, -0.2) is 16.8 Å². The molecule has 0 radical (unpaired) electrons. The summed E-state index contributed by atoms with van der Waals surface area (Å²) in [6.45, 7) is 4.16. The molecule has 0 aliphatic heterocycles. The summed E-state index contributed by atoms with van der Waals surface area (Å²) in [7, 11) is 0. The van der Waals surface area contributed by atoms with Crippen LogP contribution in [0.2, 0.25) is 0 Å². The predicted octanol–water partition coefficient (Wildman–Crippen LogP) is 4.71. The first kappa shape index (κ1) is 19.3. The van der Waals surface area contributed by atoms with Crippen molar-refractivity contribution in [2.75, 3.05) is 10.6 Å². The Kier molecular flexibility index (Phi) is 6.17. The summed E-state index contributed by atoms with van der Waals surface area (Å²) < 4.78 is 0. The van der Waals surface area contributed by atoms with Crippen LogP contribution < -0.4 is 10.6 Å². The number of hydrogen-bond donors (Lipinski definition) is 2. The monoisotopic (exact) mass is 373 g/mol. The maximum atomic E-state index is 12.3. The quantitative estimate of drug-likeness (QED) is 0.657. The van der Waals surface area contributed by atoms with Crippen molar-refractivity contribution in [2.24, 2.45) is 0 Å². The van der Waals surface area contributed by atoms with Crippen LogP contribution in [-0.2, 0) is 12.8 Å². The van der Waals surface area contributed by atoms with Gasteiger partial charge in [-0.15, -0.1) is 0 Å². The van der Waals surface area contributed by atoms with Crippen molar-refractivity contribution in [3.63, 3.8) is 0 Å². The Morgan fingerprint density at radius 3 is 1.64 bits per heavy atom. The van der Waals surface area contributed by atoms with Crippen molar-refractivity contribution >= 4 is 23.2 Å². The van der Waals surface area contributed by atoms with Crippen molar-refractivity contribution in [3.05, 3.63) is 89.2 Å². The van der Waals surface area contributed by atoms with Gasteiger partial charge >= 0.3 is 0 Å². The van der Waals surface area contributed by atoms with Gasteiger partial charge < -0.3 is 10.6 Å². The predicted molar refractivity (Wildman–Crippen MR) is 112 cm³/mol. The summed E-state index contributed by atoms with van der Waals surface area (Å²) in [4.78, 5) is 28.8. The van der Waals surface area contributed by atoms with Crippen LogP contribution >= 0.6 is 0 Å². The lowest BCUT2D eigenvalue weighted by Gasteiger charge is -2.08. The molecule has 0 spiro atoms. The van der Waals surface area contributed by atoms with Gasteiger partial charge in [-0.05, 0) is 60.4 Å². The Morgan fingerprint density at radius 2 is 1.21 bits per heavy atom. The van der Waals surface area contributed by atoms with E-state index in [1.54, 1.807) is 12.1 Å². The summed E-state index contributed by atoms with van der Waals surface area (Å²) in [5.41, 5.74) is 4.49. The molecule has 5 heteroatoms. The summed E-state index contributed by atoms with van der Waals surface area (Å²) >= 11 is 0. The minimum absolute atomic E-state index is 0.253. The molecule has 3 rings (SSSR count). The highest BCUT2D eigenvalue weighted by Crippen LogP contribution is 2.13. The minimum atomic E-state index is -0.314. The highest BCUT2D eigenvalue weighted by molar-refractivity contribution is 6.06. The number of aryl methyl sites for hydroxylation is 2. The van der Waals surface area contributed by atoms with Gasteiger partial charge in [-0.3, -0.25) is 14.6 Å². The lowest BCUT2D eigenvalue weighted by Crippen LogP contribution is -2.16. The van der Waals surface area contributed by atoms with E-state index in [-0.39, 0.29) is 17.5 Å². The molecule has 1 aromatic heterocycles. The van der Waals surface area contributed by atoms with Gasteiger partial charge in [0.25, 0.3) is 11.8 Å². The summed E-state index contributed by atoms with van der Waals surface area (Å²) in [5.74, 6) is -0.578. The number of aromatic nitrogens is 1. The van der Waals surface area contributed by atoms with Crippen LogP contribution in [0.5, 0.6) is 0 Å². The van der Waals surface area contributed by atoms with Crippen LogP contribution in [0.3, 0.4) is 0 Å². The number of carbonyl (C=O) groups excluding carboxylic acids is 2. The van der Waals surface area contributed by atoms with E-state index in [4.69, 9.17) is 0 Å². The third kappa shape index (κ3) is 4.82. The SMILES string of the molecule is CCc1ccc(NC(=O)c2ccc(C(=O)Nc3ccc(CC)cc3)nc2)cc1. The first-order valence-corrected chi connectivity index (χ1v) is 9.35. The van der Waals surface area contributed by atoms with E-state index < -0.39 is 0 Å². The highest BCUT2D eigenvalue weighted by Gasteiger charge is 2.11. The summed E-state index contributed by atoms with van der Waals surface area (Å²) in [6.07, 6.45) is 3.30. The zero-order valence-electron chi connectivity index (χ0n) is 16.0. The van der Waals surface area contributed by atoms with Gasteiger partial charge in [-0.25, -0.2) is 0 Å². The fourth-order valence-electron chi connectivity index (χ4n) is 2.71. The molecule has 0 bridgehead atoms. The minimum Gasteiger partial charge on any atom is -0.322 e. The third-order valence-corrected chi connectivity index (χ3v) is 4.50. The van der Waals surface area contributed by atoms with E-state index in [9.17, 15) is 9.59 Å². The van der Waals surface area contributed by atoms with Gasteiger partial charge in [0.05, 0.1) is 5.56 Å². The topological polar surface area (TPSA) is 71.1 Å². The average Bonchev–Trinajstić information content (AvgIpc) is 2.75. The molecule has 0 aliphatic carbocycles. The molecule has 1 heterocycles. The largest absolute Gasteiger partial charge is 0.322 e. The van der Waals surface area contributed by atoms with E-state index in [0.29, 0.717) is 11.3 Å². The van der Waals surface area contributed by atoms with Gasteiger partial charge in [-0.2, -0.15) is 0 Å². The number of nitrogens with zero attached hydrogens (tertiary/aromatic N) is 1. The Morgan fingerprint density at radius 1 is 0.714 bits per heavy atom. The first-order chi connectivity index (χ1) is 13.6. The first-order valence-electron chi connectivity index (χ1n) is 9.35. The molecule has 142 valence electrons. The Labute approximate surface area is 164 Å². The molecule has 0 atom stereocenters. The maximum absolute atomic E-state index is 12.3. The maximum Gasteiger partial charge on any atom is 0.274 e. The number of carbonyl (C=O) groups is 2. The number of amides is 2. The molecular weight excluding hydrogens is 350 g/mol. The summed E-state index contributed by atoms with van der Waals surface area (Å²) in [6, 6.07) is 18.5. The van der Waals surface area contributed by atoms with Gasteiger partial charge in [0.2, 0.25) is 0 Å². The Balaban J connectivity index is 1.62. The second kappa shape index (κ2) is 8.95.